The van der Waals surface area contributed by atoms with E-state index in [0.717, 1.165) is 30.1 Å². The Hall–Kier alpha value is -3.35. The van der Waals surface area contributed by atoms with Crippen molar-refractivity contribution in [1.29, 1.82) is 0 Å². The number of ether oxygens (including phenoxy) is 1. The van der Waals surface area contributed by atoms with Gasteiger partial charge in [-0.1, -0.05) is 18.2 Å². The largest absolute Gasteiger partial charge is 0.494 e. The van der Waals surface area contributed by atoms with Gasteiger partial charge < -0.3 is 10.1 Å². The molecule has 1 aliphatic carbocycles. The number of carbonyl (C=O) groups excluding carboxylic acids is 1. The summed E-state index contributed by atoms with van der Waals surface area (Å²) in [5.74, 6) is 1.45. The molecule has 1 heterocycles. The third kappa shape index (κ3) is 3.83. The molecule has 1 aromatic heterocycles. The molecule has 1 amide bonds. The maximum Gasteiger partial charge on any atom is 0.351 e. The molecule has 0 spiro atoms. The van der Waals surface area contributed by atoms with Gasteiger partial charge in [0.1, 0.15) is 18.1 Å². The van der Waals surface area contributed by atoms with Crippen LogP contribution in [0, 0.1) is 0 Å². The molecular weight excluding hydrogens is 356 g/mol. The van der Waals surface area contributed by atoms with E-state index in [9.17, 15) is 9.59 Å². The molecule has 1 N–H and O–H groups in total. The number of nitrogens with zero attached hydrogens (tertiary/aromatic N) is 3. The van der Waals surface area contributed by atoms with Gasteiger partial charge in [-0.05, 0) is 56.2 Å². The first-order valence-electron chi connectivity index (χ1n) is 9.43. The summed E-state index contributed by atoms with van der Waals surface area (Å²) in [6.07, 6.45) is 2.03. The lowest BCUT2D eigenvalue weighted by Crippen LogP contribution is -2.29. The highest BCUT2D eigenvalue weighted by Gasteiger charge is 2.31. The monoisotopic (exact) mass is 378 g/mol. The Balaban J connectivity index is 1.53. The van der Waals surface area contributed by atoms with Crippen LogP contribution in [0.2, 0.25) is 0 Å². The number of anilines is 1. The third-order valence-corrected chi connectivity index (χ3v) is 4.56. The van der Waals surface area contributed by atoms with E-state index in [1.807, 2.05) is 37.3 Å². The van der Waals surface area contributed by atoms with Crippen LogP contribution in [0.3, 0.4) is 0 Å². The van der Waals surface area contributed by atoms with Gasteiger partial charge in [-0.2, -0.15) is 5.10 Å². The Bertz CT molecular complexity index is 1020. The van der Waals surface area contributed by atoms with Crippen molar-refractivity contribution < 1.29 is 9.53 Å². The lowest BCUT2D eigenvalue weighted by Gasteiger charge is -2.07. The van der Waals surface area contributed by atoms with Crippen molar-refractivity contribution in [3.63, 3.8) is 0 Å². The summed E-state index contributed by atoms with van der Waals surface area (Å²) in [5, 5.41) is 7.25. The molecule has 0 unspecified atom stereocenters. The number of rotatable bonds is 7. The molecule has 7 nitrogen and oxygen atoms in total. The van der Waals surface area contributed by atoms with Crippen molar-refractivity contribution in [3.05, 3.63) is 70.9 Å². The molecule has 4 rings (SSSR count). The van der Waals surface area contributed by atoms with Crippen LogP contribution in [0.1, 0.15) is 31.5 Å². The number of nitrogens with one attached hydrogen (secondary N) is 1. The molecule has 144 valence electrons. The molecule has 1 aliphatic rings. The average Bonchev–Trinajstić information content (AvgIpc) is 3.50. The minimum Gasteiger partial charge on any atom is -0.494 e. The molecule has 0 aliphatic heterocycles. The van der Waals surface area contributed by atoms with Crippen LogP contribution in [0.5, 0.6) is 5.75 Å². The zero-order valence-corrected chi connectivity index (χ0v) is 15.7. The minimum absolute atomic E-state index is 0.133. The summed E-state index contributed by atoms with van der Waals surface area (Å²) in [5.41, 5.74) is 1.12. The second kappa shape index (κ2) is 7.72. The maximum atomic E-state index is 12.9. The molecule has 3 aromatic rings. The summed E-state index contributed by atoms with van der Waals surface area (Å²) in [6, 6.07) is 16.5. The second-order valence-electron chi connectivity index (χ2n) is 6.75. The van der Waals surface area contributed by atoms with Crippen LogP contribution in [0.4, 0.5) is 5.69 Å². The van der Waals surface area contributed by atoms with Gasteiger partial charge in [0.25, 0.3) is 0 Å². The lowest BCUT2D eigenvalue weighted by molar-refractivity contribution is -0.117. The Morgan fingerprint density at radius 2 is 1.86 bits per heavy atom. The number of aromatic nitrogens is 3. The summed E-state index contributed by atoms with van der Waals surface area (Å²) < 4.78 is 8.25. The highest BCUT2D eigenvalue weighted by atomic mass is 16.5. The Morgan fingerprint density at radius 1 is 1.14 bits per heavy atom. The second-order valence-corrected chi connectivity index (χ2v) is 6.75. The van der Waals surface area contributed by atoms with Crippen LogP contribution >= 0.6 is 0 Å². The highest BCUT2D eigenvalue weighted by molar-refractivity contribution is 5.90. The smallest absolute Gasteiger partial charge is 0.351 e. The topological polar surface area (TPSA) is 78.2 Å². The van der Waals surface area contributed by atoms with Gasteiger partial charge in [0.2, 0.25) is 5.91 Å². The standard InChI is InChI=1S/C21H22N4O3/c1-2-28-18-12-10-16(11-13-18)22-19(26)14-24-21(27)25(17-6-4-3-5-7-17)20(23-24)15-8-9-15/h3-7,10-13,15H,2,8-9,14H2,1H3,(H,22,26). The van der Waals surface area contributed by atoms with Gasteiger partial charge in [-0.15, -0.1) is 0 Å². The number of para-hydroxylation sites is 1. The molecule has 1 saturated carbocycles. The van der Waals surface area contributed by atoms with Gasteiger partial charge >= 0.3 is 5.69 Å². The van der Waals surface area contributed by atoms with Crippen molar-refractivity contribution in [1.82, 2.24) is 14.3 Å². The Kier molecular flexibility index (Phi) is 4.97. The summed E-state index contributed by atoms with van der Waals surface area (Å²) in [6.45, 7) is 2.37. The maximum absolute atomic E-state index is 12.9. The summed E-state index contributed by atoms with van der Waals surface area (Å²) >= 11 is 0. The van der Waals surface area contributed by atoms with Crippen molar-refractivity contribution in [2.24, 2.45) is 0 Å². The molecule has 0 atom stereocenters. The van der Waals surface area contributed by atoms with Crippen molar-refractivity contribution in [3.8, 4) is 11.4 Å². The predicted octanol–water partition coefficient (Wildman–Crippen LogP) is 2.95. The fourth-order valence-corrected chi connectivity index (χ4v) is 3.09. The molecule has 1 fully saturated rings. The third-order valence-electron chi connectivity index (χ3n) is 4.56. The molecule has 0 radical (unpaired) electrons. The van der Waals surface area contributed by atoms with E-state index in [1.165, 1.54) is 4.68 Å². The van der Waals surface area contributed by atoms with E-state index in [2.05, 4.69) is 10.4 Å². The quantitative estimate of drug-likeness (QED) is 0.686. The van der Waals surface area contributed by atoms with Gasteiger partial charge in [-0.25, -0.2) is 14.0 Å². The number of amides is 1. The number of benzene rings is 2. The van der Waals surface area contributed by atoms with E-state index in [-0.39, 0.29) is 24.1 Å². The molecule has 0 saturated heterocycles. The fraction of sp³-hybridized carbons (Fsp3) is 0.286. The van der Waals surface area contributed by atoms with E-state index in [1.54, 1.807) is 28.8 Å². The number of carbonyl (C=O) groups is 1. The normalized spacial score (nSPS) is 13.3. The number of hydrogen-bond acceptors (Lipinski definition) is 4. The van der Waals surface area contributed by atoms with Crippen LogP contribution < -0.4 is 15.7 Å². The van der Waals surface area contributed by atoms with Gasteiger partial charge in [0.15, 0.2) is 0 Å². The van der Waals surface area contributed by atoms with Crippen LogP contribution in [0.25, 0.3) is 5.69 Å². The molecule has 7 heteroatoms. The van der Waals surface area contributed by atoms with E-state index in [0.29, 0.717) is 12.3 Å². The average molecular weight is 378 g/mol. The van der Waals surface area contributed by atoms with Crippen molar-refractivity contribution in [2.45, 2.75) is 32.2 Å². The van der Waals surface area contributed by atoms with E-state index >= 15 is 0 Å². The van der Waals surface area contributed by atoms with Gasteiger partial charge in [-0.3, -0.25) is 4.79 Å². The SMILES string of the molecule is CCOc1ccc(NC(=O)Cn2nc(C3CC3)n(-c3ccccc3)c2=O)cc1. The molecule has 28 heavy (non-hydrogen) atoms. The summed E-state index contributed by atoms with van der Waals surface area (Å²) in [4.78, 5) is 25.3. The van der Waals surface area contributed by atoms with Crippen molar-refractivity contribution in [2.75, 3.05) is 11.9 Å². The first kappa shape index (κ1) is 18.0. The molecule has 0 bridgehead atoms. The van der Waals surface area contributed by atoms with E-state index < -0.39 is 0 Å². The van der Waals surface area contributed by atoms with Crippen LogP contribution in [-0.4, -0.2) is 26.9 Å². The molecular formula is C21H22N4O3. The predicted molar refractivity (Wildman–Crippen MR) is 106 cm³/mol. The lowest BCUT2D eigenvalue weighted by atomic mass is 10.3. The first-order valence-corrected chi connectivity index (χ1v) is 9.43. The first-order chi connectivity index (χ1) is 13.7. The number of hydrogen-bond donors (Lipinski definition) is 1. The Labute approximate surface area is 162 Å². The van der Waals surface area contributed by atoms with Crippen LogP contribution in [-0.2, 0) is 11.3 Å². The minimum atomic E-state index is -0.300. The zero-order chi connectivity index (χ0) is 19.5. The fourth-order valence-electron chi connectivity index (χ4n) is 3.09. The highest BCUT2D eigenvalue weighted by Crippen LogP contribution is 2.39. The van der Waals surface area contributed by atoms with Crippen molar-refractivity contribution >= 4 is 11.6 Å². The Morgan fingerprint density at radius 3 is 2.50 bits per heavy atom. The zero-order valence-electron chi connectivity index (χ0n) is 15.7. The van der Waals surface area contributed by atoms with Gasteiger partial charge in [0.05, 0.1) is 12.3 Å². The summed E-state index contributed by atoms with van der Waals surface area (Å²) in [7, 11) is 0. The van der Waals surface area contributed by atoms with E-state index in [4.69, 9.17) is 4.74 Å². The molecule has 2 aromatic carbocycles. The van der Waals surface area contributed by atoms with Crippen LogP contribution in [0.15, 0.2) is 59.4 Å². The van der Waals surface area contributed by atoms with Gasteiger partial charge in [0, 0.05) is 11.6 Å².